The third-order valence-corrected chi connectivity index (χ3v) is 3.13. The molecule has 0 spiro atoms. The van der Waals surface area contributed by atoms with Gasteiger partial charge in [-0.05, 0) is 17.7 Å². The van der Waals surface area contributed by atoms with E-state index < -0.39 is 0 Å². The normalized spacial score (nSPS) is 15.9. The molecule has 1 saturated heterocycles. The summed E-state index contributed by atoms with van der Waals surface area (Å²) in [5, 5.41) is 3.71. The first-order valence-electron chi connectivity index (χ1n) is 5.98. The molecule has 5 heteroatoms. The van der Waals surface area contributed by atoms with Crippen LogP contribution in [0, 0.1) is 0 Å². The summed E-state index contributed by atoms with van der Waals surface area (Å²) in [4.78, 5) is 2.30. The summed E-state index contributed by atoms with van der Waals surface area (Å²) in [5.74, 6) is 0.356. The topological polar surface area (TPSA) is 64.5 Å². The molecular formula is C13H15N3O2. The quantitative estimate of drug-likeness (QED) is 0.873. The van der Waals surface area contributed by atoms with Gasteiger partial charge in [-0.1, -0.05) is 17.3 Å². The highest BCUT2D eigenvalue weighted by atomic mass is 16.5. The summed E-state index contributed by atoms with van der Waals surface area (Å²) in [6.45, 7) is 3.39. The van der Waals surface area contributed by atoms with Crippen molar-refractivity contribution in [3.8, 4) is 11.1 Å². The Hall–Kier alpha value is -2.01. The van der Waals surface area contributed by atoms with Gasteiger partial charge in [0.05, 0.1) is 25.0 Å². The van der Waals surface area contributed by atoms with E-state index in [1.165, 1.54) is 5.69 Å². The fourth-order valence-corrected chi connectivity index (χ4v) is 2.16. The number of nitrogen functional groups attached to an aromatic ring is 1. The van der Waals surface area contributed by atoms with E-state index in [4.69, 9.17) is 15.0 Å². The van der Waals surface area contributed by atoms with Crippen LogP contribution >= 0.6 is 0 Å². The molecule has 1 aromatic heterocycles. The Bertz CT molecular complexity index is 533. The summed E-state index contributed by atoms with van der Waals surface area (Å²) in [7, 11) is 0. The van der Waals surface area contributed by atoms with E-state index in [9.17, 15) is 0 Å². The average molecular weight is 245 g/mol. The number of ether oxygens (including phenoxy) is 1. The van der Waals surface area contributed by atoms with Crippen LogP contribution in [-0.2, 0) is 4.74 Å². The van der Waals surface area contributed by atoms with Gasteiger partial charge in [-0.25, -0.2) is 0 Å². The van der Waals surface area contributed by atoms with Crippen LogP contribution in [0.3, 0.4) is 0 Å². The Labute approximate surface area is 105 Å². The van der Waals surface area contributed by atoms with Gasteiger partial charge in [0, 0.05) is 18.8 Å². The molecule has 0 bridgehead atoms. The Morgan fingerprint density at radius 3 is 2.78 bits per heavy atom. The second kappa shape index (κ2) is 4.70. The predicted octanol–water partition coefficient (Wildman–Crippen LogP) is 1.76. The first kappa shape index (κ1) is 11.1. The van der Waals surface area contributed by atoms with Gasteiger partial charge in [0.2, 0.25) is 5.88 Å². The summed E-state index contributed by atoms with van der Waals surface area (Å²) in [6, 6.07) is 8.23. The van der Waals surface area contributed by atoms with Crippen molar-refractivity contribution in [2.24, 2.45) is 0 Å². The number of anilines is 2. The maximum atomic E-state index is 5.74. The number of nitrogens with two attached hydrogens (primary N) is 1. The number of hydrogen-bond acceptors (Lipinski definition) is 5. The Morgan fingerprint density at radius 2 is 2.06 bits per heavy atom. The first-order chi connectivity index (χ1) is 8.84. The summed E-state index contributed by atoms with van der Waals surface area (Å²) < 4.78 is 10.3. The summed E-state index contributed by atoms with van der Waals surface area (Å²) >= 11 is 0. The second-order valence-electron chi connectivity index (χ2n) is 4.25. The van der Waals surface area contributed by atoms with Crippen molar-refractivity contribution >= 4 is 11.6 Å². The van der Waals surface area contributed by atoms with Crippen molar-refractivity contribution in [2.75, 3.05) is 36.9 Å². The van der Waals surface area contributed by atoms with Gasteiger partial charge in [-0.2, -0.15) is 0 Å². The van der Waals surface area contributed by atoms with Gasteiger partial charge in [-0.15, -0.1) is 0 Å². The molecule has 0 unspecified atom stereocenters. The van der Waals surface area contributed by atoms with Gasteiger partial charge >= 0.3 is 0 Å². The average Bonchev–Trinajstić information content (AvgIpc) is 2.86. The first-order valence-corrected chi connectivity index (χ1v) is 5.98. The molecule has 1 fully saturated rings. The van der Waals surface area contributed by atoms with Crippen LogP contribution in [0.25, 0.3) is 11.1 Å². The van der Waals surface area contributed by atoms with Crippen LogP contribution in [0.5, 0.6) is 0 Å². The van der Waals surface area contributed by atoms with E-state index in [0.29, 0.717) is 5.88 Å². The Morgan fingerprint density at radius 1 is 1.22 bits per heavy atom. The monoisotopic (exact) mass is 245 g/mol. The third-order valence-electron chi connectivity index (χ3n) is 3.13. The lowest BCUT2D eigenvalue weighted by Crippen LogP contribution is -2.36. The Kier molecular flexibility index (Phi) is 2.90. The maximum Gasteiger partial charge on any atom is 0.229 e. The molecule has 1 aromatic carbocycles. The van der Waals surface area contributed by atoms with E-state index in [-0.39, 0.29) is 0 Å². The van der Waals surface area contributed by atoms with E-state index in [1.54, 1.807) is 6.20 Å². The molecule has 2 N–H and O–H groups in total. The molecule has 2 aromatic rings. The highest BCUT2D eigenvalue weighted by Crippen LogP contribution is 2.28. The summed E-state index contributed by atoms with van der Waals surface area (Å²) in [6.07, 6.45) is 1.65. The number of aromatic nitrogens is 1. The van der Waals surface area contributed by atoms with Crippen molar-refractivity contribution in [2.45, 2.75) is 0 Å². The molecule has 1 aliphatic rings. The van der Waals surface area contributed by atoms with Crippen molar-refractivity contribution in [1.82, 2.24) is 5.16 Å². The van der Waals surface area contributed by atoms with Gasteiger partial charge in [0.25, 0.3) is 0 Å². The Balaban J connectivity index is 1.91. The summed E-state index contributed by atoms with van der Waals surface area (Å²) in [5.41, 5.74) is 8.78. The number of benzene rings is 1. The number of nitrogens with zero attached hydrogens (tertiary/aromatic N) is 2. The molecule has 0 atom stereocenters. The van der Waals surface area contributed by atoms with Crippen LogP contribution in [0.4, 0.5) is 11.6 Å². The zero-order valence-electron chi connectivity index (χ0n) is 10.0. The molecule has 0 aliphatic carbocycles. The molecule has 94 valence electrons. The molecule has 5 nitrogen and oxygen atoms in total. The van der Waals surface area contributed by atoms with Crippen LogP contribution in [0.15, 0.2) is 35.0 Å². The molecule has 3 rings (SSSR count). The van der Waals surface area contributed by atoms with Gasteiger partial charge in [-0.3, -0.25) is 0 Å². The second-order valence-corrected chi connectivity index (χ2v) is 4.25. The van der Waals surface area contributed by atoms with Crippen LogP contribution in [-0.4, -0.2) is 31.5 Å². The minimum atomic E-state index is 0.356. The van der Waals surface area contributed by atoms with Crippen molar-refractivity contribution < 1.29 is 9.26 Å². The smallest absolute Gasteiger partial charge is 0.229 e. The lowest BCUT2D eigenvalue weighted by molar-refractivity contribution is 0.122. The molecule has 2 heterocycles. The van der Waals surface area contributed by atoms with Crippen LogP contribution in [0.2, 0.25) is 0 Å². The number of rotatable bonds is 2. The molecular weight excluding hydrogens is 230 g/mol. The largest absolute Gasteiger partial charge is 0.378 e. The molecule has 0 radical (unpaired) electrons. The highest BCUT2D eigenvalue weighted by molar-refractivity contribution is 5.74. The van der Waals surface area contributed by atoms with Gasteiger partial charge < -0.3 is 19.9 Å². The lowest BCUT2D eigenvalue weighted by atomic mass is 10.1. The fraction of sp³-hybridized carbons (Fsp3) is 0.308. The molecule has 1 aliphatic heterocycles. The molecule has 18 heavy (non-hydrogen) atoms. The lowest BCUT2D eigenvalue weighted by Gasteiger charge is -2.29. The van der Waals surface area contributed by atoms with E-state index in [1.807, 2.05) is 12.1 Å². The van der Waals surface area contributed by atoms with E-state index in [0.717, 1.165) is 37.4 Å². The van der Waals surface area contributed by atoms with Crippen molar-refractivity contribution in [3.05, 3.63) is 30.5 Å². The highest BCUT2D eigenvalue weighted by Gasteiger charge is 2.13. The number of morpholine rings is 1. The van der Waals surface area contributed by atoms with E-state index >= 15 is 0 Å². The van der Waals surface area contributed by atoms with Crippen LogP contribution in [0.1, 0.15) is 0 Å². The number of hydrogen-bond donors (Lipinski definition) is 1. The van der Waals surface area contributed by atoms with Crippen molar-refractivity contribution in [3.63, 3.8) is 0 Å². The van der Waals surface area contributed by atoms with E-state index in [2.05, 4.69) is 22.2 Å². The zero-order chi connectivity index (χ0) is 12.4. The fourth-order valence-electron chi connectivity index (χ4n) is 2.16. The van der Waals surface area contributed by atoms with Gasteiger partial charge in [0.1, 0.15) is 0 Å². The predicted molar refractivity (Wildman–Crippen MR) is 69.4 cm³/mol. The molecule has 0 amide bonds. The van der Waals surface area contributed by atoms with Crippen molar-refractivity contribution in [1.29, 1.82) is 0 Å². The SMILES string of the molecule is Nc1oncc1-c1cccc(N2CCOCC2)c1. The van der Waals surface area contributed by atoms with Crippen LogP contribution < -0.4 is 10.6 Å². The minimum Gasteiger partial charge on any atom is -0.378 e. The molecule has 0 saturated carbocycles. The zero-order valence-corrected chi connectivity index (χ0v) is 10.0. The third kappa shape index (κ3) is 2.04. The van der Waals surface area contributed by atoms with Gasteiger partial charge in [0.15, 0.2) is 0 Å². The standard InChI is InChI=1S/C13H15N3O2/c14-13-12(9-15-18-13)10-2-1-3-11(8-10)16-4-6-17-7-5-16/h1-3,8-9H,4-7,14H2. The minimum absolute atomic E-state index is 0.356. The maximum absolute atomic E-state index is 5.74.